The van der Waals surface area contributed by atoms with Gasteiger partial charge in [-0.1, -0.05) is 37.8 Å². The van der Waals surface area contributed by atoms with Gasteiger partial charge in [-0.25, -0.2) is 5.10 Å². The number of H-pyrrole nitrogens is 1. The summed E-state index contributed by atoms with van der Waals surface area (Å²) in [7, 11) is 1.60. The third-order valence-electron chi connectivity index (χ3n) is 3.64. The van der Waals surface area contributed by atoms with Crippen molar-refractivity contribution in [2.75, 3.05) is 19.1 Å². The Morgan fingerprint density at radius 3 is 2.92 bits per heavy atom. The molecule has 2 N–H and O–H groups in total. The average molecular weight is 379 g/mol. The minimum absolute atomic E-state index is 0.00144. The monoisotopic (exact) mass is 378 g/mol. The second-order valence-electron chi connectivity index (χ2n) is 5.62. The van der Waals surface area contributed by atoms with E-state index in [1.54, 1.807) is 13.3 Å². The standard InChI is InChI=1S/C18H23ClN4O3/c1-3-4-5-6-9-26-15-8-7-13(10-16(15)25-2)11-20-22-14-12-21-23-18(24)17(14)19/h7-8,10-12H,3-6,9H2,1-2H3,(H2,22,23,24)/b20-11-. The molecule has 0 saturated carbocycles. The minimum Gasteiger partial charge on any atom is -0.493 e. The summed E-state index contributed by atoms with van der Waals surface area (Å²) in [5.74, 6) is 1.34. The van der Waals surface area contributed by atoms with Crippen molar-refractivity contribution in [3.63, 3.8) is 0 Å². The Bertz CT molecular complexity index is 792. The second kappa shape index (κ2) is 10.5. The number of nitrogens with one attached hydrogen (secondary N) is 2. The zero-order valence-corrected chi connectivity index (χ0v) is 15.7. The minimum atomic E-state index is -0.478. The van der Waals surface area contributed by atoms with Crippen LogP contribution in [0.2, 0.25) is 5.02 Å². The number of aromatic amines is 1. The Balaban J connectivity index is 1.97. The quantitative estimate of drug-likeness (QED) is 0.372. The summed E-state index contributed by atoms with van der Waals surface area (Å²) in [6.45, 7) is 2.85. The molecule has 0 bridgehead atoms. The molecule has 1 aromatic carbocycles. The fourth-order valence-electron chi connectivity index (χ4n) is 2.23. The van der Waals surface area contributed by atoms with Crippen LogP contribution in [0.1, 0.15) is 38.2 Å². The Labute approximate surface area is 157 Å². The predicted octanol–water partition coefficient (Wildman–Crippen LogP) is 3.84. The number of halogens is 1. The lowest BCUT2D eigenvalue weighted by Crippen LogP contribution is -2.10. The topological polar surface area (TPSA) is 88.6 Å². The summed E-state index contributed by atoms with van der Waals surface area (Å²) in [4.78, 5) is 11.4. The molecule has 0 saturated heterocycles. The van der Waals surface area contributed by atoms with Crippen LogP contribution in [0.25, 0.3) is 0 Å². The van der Waals surface area contributed by atoms with Gasteiger partial charge in [0.1, 0.15) is 10.7 Å². The summed E-state index contributed by atoms with van der Waals surface area (Å²) >= 11 is 5.87. The smallest absolute Gasteiger partial charge is 0.285 e. The Morgan fingerprint density at radius 1 is 1.31 bits per heavy atom. The van der Waals surface area contributed by atoms with Gasteiger partial charge in [0.05, 0.1) is 26.1 Å². The van der Waals surface area contributed by atoms with Gasteiger partial charge in [-0.05, 0) is 30.2 Å². The first-order chi connectivity index (χ1) is 12.7. The lowest BCUT2D eigenvalue weighted by atomic mass is 10.2. The largest absolute Gasteiger partial charge is 0.493 e. The Morgan fingerprint density at radius 2 is 2.15 bits per heavy atom. The Kier molecular flexibility index (Phi) is 7.95. The molecule has 1 heterocycles. The number of hydrogen-bond acceptors (Lipinski definition) is 6. The van der Waals surface area contributed by atoms with Gasteiger partial charge >= 0.3 is 0 Å². The number of hydrogen-bond donors (Lipinski definition) is 2. The third-order valence-corrected chi connectivity index (χ3v) is 4.01. The highest BCUT2D eigenvalue weighted by Gasteiger charge is 2.06. The van der Waals surface area contributed by atoms with Gasteiger partial charge in [0.15, 0.2) is 11.5 Å². The maximum atomic E-state index is 11.4. The van der Waals surface area contributed by atoms with E-state index >= 15 is 0 Å². The molecule has 0 aliphatic rings. The van der Waals surface area contributed by atoms with Gasteiger partial charge in [0.2, 0.25) is 0 Å². The number of benzene rings is 1. The van der Waals surface area contributed by atoms with Gasteiger partial charge < -0.3 is 9.47 Å². The van der Waals surface area contributed by atoms with Gasteiger partial charge in [-0.2, -0.15) is 10.2 Å². The van der Waals surface area contributed by atoms with Crippen LogP contribution < -0.4 is 20.5 Å². The van der Waals surface area contributed by atoms with Crippen LogP contribution in [-0.4, -0.2) is 30.1 Å². The molecule has 0 unspecified atom stereocenters. The molecule has 2 aromatic rings. The number of nitrogens with zero attached hydrogens (tertiary/aromatic N) is 2. The number of ether oxygens (including phenoxy) is 2. The van der Waals surface area contributed by atoms with E-state index in [0.717, 1.165) is 18.4 Å². The zero-order valence-electron chi connectivity index (χ0n) is 14.9. The van der Waals surface area contributed by atoms with Gasteiger partial charge in [0, 0.05) is 0 Å². The van der Waals surface area contributed by atoms with Crippen LogP contribution in [0.15, 0.2) is 34.3 Å². The molecule has 2 rings (SSSR count). The summed E-state index contributed by atoms with van der Waals surface area (Å²) in [6.07, 6.45) is 7.58. The van der Waals surface area contributed by atoms with E-state index in [4.69, 9.17) is 21.1 Å². The molecular formula is C18H23ClN4O3. The lowest BCUT2D eigenvalue weighted by molar-refractivity contribution is 0.285. The van der Waals surface area contributed by atoms with Crippen LogP contribution in [0.4, 0.5) is 5.69 Å². The Hall–Kier alpha value is -2.54. The van der Waals surface area contributed by atoms with Gasteiger partial charge in [-0.15, -0.1) is 0 Å². The molecule has 0 fully saturated rings. The molecule has 0 radical (unpaired) electrons. The van der Waals surface area contributed by atoms with E-state index in [0.29, 0.717) is 23.8 Å². The molecule has 8 heteroatoms. The highest BCUT2D eigenvalue weighted by atomic mass is 35.5. The molecule has 0 spiro atoms. The predicted molar refractivity (Wildman–Crippen MR) is 104 cm³/mol. The third kappa shape index (κ3) is 5.77. The molecule has 140 valence electrons. The molecule has 1 aromatic heterocycles. The summed E-state index contributed by atoms with van der Waals surface area (Å²) < 4.78 is 11.2. The number of aromatic nitrogens is 2. The van der Waals surface area contributed by atoms with E-state index in [2.05, 4.69) is 27.6 Å². The lowest BCUT2D eigenvalue weighted by Gasteiger charge is -2.11. The molecule has 26 heavy (non-hydrogen) atoms. The fraction of sp³-hybridized carbons (Fsp3) is 0.389. The number of unbranched alkanes of at least 4 members (excludes halogenated alkanes) is 3. The molecule has 0 amide bonds. The summed E-state index contributed by atoms with van der Waals surface area (Å²) in [6, 6.07) is 5.54. The maximum Gasteiger partial charge on any atom is 0.285 e. The first-order valence-corrected chi connectivity index (χ1v) is 8.86. The summed E-state index contributed by atoms with van der Waals surface area (Å²) in [5.41, 5.74) is 3.35. The molecule has 0 aliphatic carbocycles. The number of hydrazone groups is 1. The molecule has 0 atom stereocenters. The first kappa shape index (κ1) is 19.8. The van der Waals surface area contributed by atoms with Crippen LogP contribution in [0, 0.1) is 0 Å². The highest BCUT2D eigenvalue weighted by Crippen LogP contribution is 2.28. The van der Waals surface area contributed by atoms with Crippen molar-refractivity contribution < 1.29 is 9.47 Å². The molecule has 7 nitrogen and oxygen atoms in total. The van der Waals surface area contributed by atoms with Gasteiger partial charge in [0.25, 0.3) is 5.56 Å². The van der Waals surface area contributed by atoms with E-state index in [1.165, 1.54) is 19.0 Å². The molecular weight excluding hydrogens is 356 g/mol. The average Bonchev–Trinajstić information content (AvgIpc) is 2.65. The summed E-state index contributed by atoms with van der Waals surface area (Å²) in [5, 5.41) is 9.97. The van der Waals surface area contributed by atoms with E-state index in [1.807, 2.05) is 18.2 Å². The SMILES string of the molecule is CCCCCCOc1ccc(/C=N\Nc2cn[nH]c(=O)c2Cl)cc1OC. The number of anilines is 1. The van der Waals surface area contributed by atoms with Crippen LogP contribution in [0.5, 0.6) is 11.5 Å². The van der Waals surface area contributed by atoms with Crippen molar-refractivity contribution in [1.82, 2.24) is 10.2 Å². The normalized spacial score (nSPS) is 10.9. The van der Waals surface area contributed by atoms with Crippen molar-refractivity contribution in [2.24, 2.45) is 5.10 Å². The highest BCUT2D eigenvalue weighted by molar-refractivity contribution is 6.32. The molecule has 0 aliphatic heterocycles. The van der Waals surface area contributed by atoms with Gasteiger partial charge in [-0.3, -0.25) is 10.2 Å². The first-order valence-electron chi connectivity index (χ1n) is 8.48. The van der Waals surface area contributed by atoms with Crippen molar-refractivity contribution in [2.45, 2.75) is 32.6 Å². The van der Waals surface area contributed by atoms with Crippen molar-refractivity contribution in [1.29, 1.82) is 0 Å². The van der Waals surface area contributed by atoms with Crippen LogP contribution in [-0.2, 0) is 0 Å². The zero-order chi connectivity index (χ0) is 18.8. The van der Waals surface area contributed by atoms with Crippen LogP contribution in [0.3, 0.4) is 0 Å². The van der Waals surface area contributed by atoms with Crippen molar-refractivity contribution >= 4 is 23.5 Å². The van der Waals surface area contributed by atoms with E-state index in [9.17, 15) is 4.79 Å². The van der Waals surface area contributed by atoms with Crippen LogP contribution >= 0.6 is 11.6 Å². The number of rotatable bonds is 10. The van der Waals surface area contributed by atoms with Crippen molar-refractivity contribution in [3.8, 4) is 11.5 Å². The maximum absolute atomic E-state index is 11.4. The second-order valence-corrected chi connectivity index (χ2v) is 5.99. The van der Waals surface area contributed by atoms with E-state index < -0.39 is 5.56 Å². The van der Waals surface area contributed by atoms with Crippen molar-refractivity contribution in [3.05, 3.63) is 45.3 Å². The van der Waals surface area contributed by atoms with E-state index in [-0.39, 0.29) is 5.02 Å². The fourth-order valence-corrected chi connectivity index (χ4v) is 2.37. The number of methoxy groups -OCH3 is 1.